The number of fused-ring (bicyclic) bond motifs is 15. The van der Waals surface area contributed by atoms with E-state index in [1.807, 2.05) is 0 Å². The maximum absolute atomic E-state index is 2.56. The molecule has 3 aliphatic rings. The highest BCUT2D eigenvalue weighted by Crippen LogP contribution is 2.62. The molecule has 2 heterocycles. The van der Waals surface area contributed by atoms with Gasteiger partial charge in [-0.15, -0.1) is 0 Å². The Kier molecular flexibility index (Phi) is 7.70. The molecule has 14 rings (SSSR count). The minimum Gasteiger partial charge on any atom is -0.309 e. The van der Waals surface area contributed by atoms with Gasteiger partial charge in [-0.1, -0.05) is 208 Å². The van der Waals surface area contributed by atoms with Gasteiger partial charge >= 0.3 is 0 Å². The first-order chi connectivity index (χ1) is 32.5. The molecule has 1 aliphatic heterocycles. The molecule has 2 heteroatoms. The monoisotopic (exact) mass is 840 g/mol. The third-order valence-corrected chi connectivity index (χ3v) is 15.2. The molecule has 2 nitrogen and oxygen atoms in total. The maximum atomic E-state index is 2.56. The van der Waals surface area contributed by atoms with Crippen molar-refractivity contribution in [2.75, 3.05) is 4.90 Å². The van der Waals surface area contributed by atoms with E-state index in [4.69, 9.17) is 0 Å². The maximum Gasteiger partial charge on any atom is 0.0754 e. The van der Waals surface area contributed by atoms with Gasteiger partial charge in [0.25, 0.3) is 0 Å². The predicted octanol–water partition coefficient (Wildman–Crippen LogP) is 16.6. The largest absolute Gasteiger partial charge is 0.309 e. The van der Waals surface area contributed by atoms with Gasteiger partial charge in [0.2, 0.25) is 0 Å². The van der Waals surface area contributed by atoms with Crippen LogP contribution in [0.25, 0.3) is 72.0 Å². The fourth-order valence-corrected chi connectivity index (χ4v) is 12.5. The summed E-state index contributed by atoms with van der Waals surface area (Å²) in [6, 6.07) is 86.4. The fourth-order valence-electron chi connectivity index (χ4n) is 12.5. The van der Waals surface area contributed by atoms with Crippen LogP contribution in [-0.2, 0) is 10.8 Å². The topological polar surface area (TPSA) is 8.17 Å². The molecule has 2 aliphatic carbocycles. The van der Waals surface area contributed by atoms with Crippen molar-refractivity contribution >= 4 is 38.9 Å². The zero-order valence-electron chi connectivity index (χ0n) is 36.8. The third kappa shape index (κ3) is 4.80. The smallest absolute Gasteiger partial charge is 0.0754 e. The quantitative estimate of drug-likeness (QED) is 0.168. The molecule has 0 N–H and O–H groups in total. The van der Waals surface area contributed by atoms with Crippen LogP contribution < -0.4 is 4.90 Å². The van der Waals surface area contributed by atoms with Gasteiger partial charge in [0.15, 0.2) is 0 Å². The summed E-state index contributed by atoms with van der Waals surface area (Å²) in [4.78, 5) is 2.56. The van der Waals surface area contributed by atoms with Gasteiger partial charge in [-0.2, -0.15) is 0 Å². The first-order valence-electron chi connectivity index (χ1n) is 23.2. The Labute approximate surface area is 385 Å². The van der Waals surface area contributed by atoms with E-state index < -0.39 is 5.41 Å². The van der Waals surface area contributed by atoms with Crippen molar-refractivity contribution in [3.05, 3.63) is 264 Å². The van der Waals surface area contributed by atoms with Crippen molar-refractivity contribution in [3.63, 3.8) is 0 Å². The van der Waals surface area contributed by atoms with Crippen molar-refractivity contribution in [3.8, 4) is 50.2 Å². The number of aromatic nitrogens is 1. The number of rotatable bonds is 5. The summed E-state index contributed by atoms with van der Waals surface area (Å²) in [5.41, 5.74) is 24.4. The van der Waals surface area contributed by atoms with Crippen LogP contribution in [-0.4, -0.2) is 4.57 Å². The molecule has 1 aromatic heterocycles. The van der Waals surface area contributed by atoms with E-state index in [0.717, 1.165) is 11.4 Å². The Balaban J connectivity index is 1.06. The van der Waals surface area contributed by atoms with Gasteiger partial charge in [0.05, 0.1) is 39.2 Å². The lowest BCUT2D eigenvalue weighted by molar-refractivity contribution is 0.660. The summed E-state index contributed by atoms with van der Waals surface area (Å²) in [7, 11) is 0. The molecule has 1 spiro atoms. The third-order valence-electron chi connectivity index (χ3n) is 15.2. The van der Waals surface area contributed by atoms with Crippen LogP contribution in [0.3, 0.4) is 0 Å². The van der Waals surface area contributed by atoms with E-state index in [1.54, 1.807) is 0 Å². The molecule has 1 atom stereocenters. The number of para-hydroxylation sites is 5. The molecule has 0 fully saturated rings. The molecule has 0 saturated heterocycles. The number of anilines is 3. The lowest BCUT2D eigenvalue weighted by Gasteiger charge is -2.39. The van der Waals surface area contributed by atoms with Crippen molar-refractivity contribution in [1.29, 1.82) is 0 Å². The minimum absolute atomic E-state index is 0.153. The second kappa shape index (κ2) is 13.7. The average molecular weight is 841 g/mol. The summed E-state index contributed by atoms with van der Waals surface area (Å²) in [6.07, 6.45) is 0. The Bertz CT molecular complexity index is 3810. The van der Waals surface area contributed by atoms with Gasteiger partial charge in [-0.05, 0) is 97.6 Å². The highest BCUT2D eigenvalue weighted by atomic mass is 15.2. The van der Waals surface area contributed by atoms with Crippen LogP contribution in [0, 0.1) is 0 Å². The standard InChI is InChI=1S/C64H44N2/c1-63(2)50-28-11-7-26-49(50)61-53(63)31-19-37-60(61)65(56-33-14-8-22-43(56)41-20-4-3-5-21-41)57-34-15-9-23-44(57)42-38-39-46-45-24-6-12-29-51(45)64(55(46)40-42)52-30-13-17-36-59(52)66-58-35-16-10-25-47(58)48-27-18-32-54(64)62(48)66/h3-40H,1-2H3. The minimum atomic E-state index is -0.549. The molecular formula is C64H44N2. The molecule has 1 unspecified atom stereocenters. The van der Waals surface area contributed by atoms with Gasteiger partial charge in [-0.25, -0.2) is 0 Å². The van der Waals surface area contributed by atoms with Crippen molar-refractivity contribution < 1.29 is 0 Å². The normalized spacial score (nSPS) is 15.6. The molecule has 0 amide bonds. The Morgan fingerprint density at radius 3 is 1.70 bits per heavy atom. The lowest BCUT2D eigenvalue weighted by Crippen LogP contribution is -2.33. The van der Waals surface area contributed by atoms with Gasteiger partial charge < -0.3 is 9.47 Å². The highest BCUT2D eigenvalue weighted by molar-refractivity contribution is 6.13. The first kappa shape index (κ1) is 37.2. The zero-order valence-corrected chi connectivity index (χ0v) is 36.8. The van der Waals surface area contributed by atoms with Crippen molar-refractivity contribution in [2.24, 2.45) is 0 Å². The number of hydrogen-bond acceptors (Lipinski definition) is 1. The SMILES string of the molecule is CC1(C)c2ccccc2-c2c(N(c3ccccc3-c3ccccc3)c3ccccc3-c3ccc4c(c3)C3(c5ccccc5-4)c4ccccc4-n4c5ccccc5c5cccc3c54)cccc21. The Morgan fingerprint density at radius 1 is 0.348 bits per heavy atom. The van der Waals surface area contributed by atoms with Crippen LogP contribution >= 0.6 is 0 Å². The Morgan fingerprint density at radius 2 is 0.894 bits per heavy atom. The van der Waals surface area contributed by atoms with Crippen molar-refractivity contribution in [2.45, 2.75) is 24.7 Å². The lowest BCUT2D eigenvalue weighted by atomic mass is 9.65. The summed E-state index contributed by atoms with van der Waals surface area (Å²) in [5, 5.41) is 2.57. The van der Waals surface area contributed by atoms with Crippen LogP contribution in [0.2, 0.25) is 0 Å². The zero-order chi connectivity index (χ0) is 43.7. The molecule has 0 radical (unpaired) electrons. The van der Waals surface area contributed by atoms with Crippen LogP contribution in [0.5, 0.6) is 0 Å². The molecule has 66 heavy (non-hydrogen) atoms. The van der Waals surface area contributed by atoms with Gasteiger partial charge in [-0.3, -0.25) is 0 Å². The predicted molar refractivity (Wildman–Crippen MR) is 275 cm³/mol. The Hall–Kier alpha value is -8.20. The number of benzene rings is 10. The molecule has 10 aromatic carbocycles. The summed E-state index contributed by atoms with van der Waals surface area (Å²) >= 11 is 0. The van der Waals surface area contributed by atoms with E-state index in [1.165, 1.54) is 111 Å². The van der Waals surface area contributed by atoms with Crippen molar-refractivity contribution in [1.82, 2.24) is 4.57 Å². The van der Waals surface area contributed by atoms with E-state index in [2.05, 4.69) is 254 Å². The number of nitrogens with zero attached hydrogens (tertiary/aromatic N) is 2. The molecule has 0 bridgehead atoms. The van der Waals surface area contributed by atoms with Crippen LogP contribution in [0.4, 0.5) is 17.1 Å². The van der Waals surface area contributed by atoms with Gasteiger partial charge in [0, 0.05) is 32.9 Å². The molecule has 310 valence electrons. The average Bonchev–Trinajstić information content (AvgIpc) is 3.96. The van der Waals surface area contributed by atoms with Gasteiger partial charge in [0.1, 0.15) is 0 Å². The summed E-state index contributed by atoms with van der Waals surface area (Å²) in [5.74, 6) is 0. The summed E-state index contributed by atoms with van der Waals surface area (Å²) in [6.45, 7) is 4.75. The van der Waals surface area contributed by atoms with E-state index in [9.17, 15) is 0 Å². The number of hydrogen-bond donors (Lipinski definition) is 0. The molecular weight excluding hydrogens is 797 g/mol. The first-order valence-corrected chi connectivity index (χ1v) is 23.2. The second-order valence-corrected chi connectivity index (χ2v) is 18.7. The van der Waals surface area contributed by atoms with E-state index >= 15 is 0 Å². The summed E-state index contributed by atoms with van der Waals surface area (Å²) < 4.78 is 2.53. The fraction of sp³-hybridized carbons (Fsp3) is 0.0625. The second-order valence-electron chi connectivity index (χ2n) is 18.7. The highest BCUT2D eigenvalue weighted by Gasteiger charge is 2.51. The molecule has 0 saturated carbocycles. The van der Waals surface area contributed by atoms with Crippen LogP contribution in [0.1, 0.15) is 47.2 Å². The van der Waals surface area contributed by atoms with E-state index in [0.29, 0.717) is 0 Å². The van der Waals surface area contributed by atoms with Crippen LogP contribution in [0.15, 0.2) is 231 Å². The van der Waals surface area contributed by atoms with E-state index in [-0.39, 0.29) is 5.41 Å². The molecule has 11 aromatic rings.